The van der Waals surface area contributed by atoms with E-state index in [0.29, 0.717) is 36.9 Å². The van der Waals surface area contributed by atoms with Crippen molar-refractivity contribution in [1.29, 1.82) is 0 Å². The summed E-state index contributed by atoms with van der Waals surface area (Å²) in [6, 6.07) is 14.2. The minimum atomic E-state index is -0.447. The van der Waals surface area contributed by atoms with Gasteiger partial charge in [-0.15, -0.1) is 0 Å². The van der Waals surface area contributed by atoms with Crippen LogP contribution in [0, 0.1) is 0 Å². The van der Waals surface area contributed by atoms with Gasteiger partial charge in [-0.25, -0.2) is 4.79 Å². The van der Waals surface area contributed by atoms with Crippen molar-refractivity contribution in [3.05, 3.63) is 48.5 Å². The molecule has 8 nitrogen and oxygen atoms in total. The predicted octanol–water partition coefficient (Wildman–Crippen LogP) is 3.42. The zero-order valence-electron chi connectivity index (χ0n) is 17.1. The molecule has 158 valence electrons. The molecule has 0 fully saturated rings. The van der Waals surface area contributed by atoms with Crippen molar-refractivity contribution >= 4 is 35.0 Å². The second kappa shape index (κ2) is 9.78. The summed E-state index contributed by atoms with van der Waals surface area (Å²) in [4.78, 5) is 39.7. The molecule has 2 aromatic carbocycles. The number of nitrogens with one attached hydrogen (secondary N) is 1. The van der Waals surface area contributed by atoms with E-state index in [1.165, 1.54) is 4.90 Å². The molecule has 0 bridgehead atoms. The van der Waals surface area contributed by atoms with Gasteiger partial charge >= 0.3 is 6.09 Å². The Morgan fingerprint density at radius 2 is 1.83 bits per heavy atom. The van der Waals surface area contributed by atoms with Crippen molar-refractivity contribution in [3.8, 4) is 5.75 Å². The number of fused-ring (bicyclic) bond motifs is 1. The number of hydrogen-bond donors (Lipinski definition) is 1. The first kappa shape index (κ1) is 21.2. The molecule has 3 rings (SSSR count). The number of carbonyl (C=O) groups is 3. The third kappa shape index (κ3) is 5.08. The molecule has 0 aromatic heterocycles. The summed E-state index contributed by atoms with van der Waals surface area (Å²) >= 11 is 0. The lowest BCUT2D eigenvalue weighted by Crippen LogP contribution is -2.38. The molecule has 3 amide bonds. The van der Waals surface area contributed by atoms with E-state index in [-0.39, 0.29) is 24.7 Å². The molecule has 1 aliphatic heterocycles. The van der Waals surface area contributed by atoms with Crippen LogP contribution in [0.4, 0.5) is 21.9 Å². The lowest BCUT2D eigenvalue weighted by Gasteiger charge is -2.29. The van der Waals surface area contributed by atoms with E-state index < -0.39 is 6.09 Å². The maximum atomic E-state index is 12.6. The highest BCUT2D eigenvalue weighted by atomic mass is 16.6. The Bertz CT molecular complexity index is 913. The molecule has 0 spiro atoms. The molecule has 0 saturated carbocycles. The highest BCUT2D eigenvalue weighted by molar-refractivity contribution is 5.99. The molecule has 0 aliphatic carbocycles. The van der Waals surface area contributed by atoms with Crippen molar-refractivity contribution in [1.82, 2.24) is 0 Å². The quantitative estimate of drug-likeness (QED) is 0.787. The van der Waals surface area contributed by atoms with Gasteiger partial charge in [-0.1, -0.05) is 12.1 Å². The van der Waals surface area contributed by atoms with Gasteiger partial charge in [0.15, 0.2) is 0 Å². The number of nitrogens with zero attached hydrogens (tertiary/aromatic N) is 2. The van der Waals surface area contributed by atoms with Crippen LogP contribution >= 0.6 is 0 Å². The number of amides is 3. The highest BCUT2D eigenvalue weighted by Gasteiger charge is 2.23. The molecule has 8 heteroatoms. The molecule has 0 unspecified atom stereocenters. The van der Waals surface area contributed by atoms with E-state index in [2.05, 4.69) is 5.32 Å². The fraction of sp³-hybridized carbons (Fsp3) is 0.318. The van der Waals surface area contributed by atoms with Gasteiger partial charge in [0.2, 0.25) is 11.8 Å². The molecule has 1 aliphatic rings. The number of carbonyl (C=O) groups excluding carboxylic acids is 3. The number of para-hydroxylation sites is 2. The number of rotatable bonds is 6. The fourth-order valence-corrected chi connectivity index (χ4v) is 3.10. The van der Waals surface area contributed by atoms with Crippen LogP contribution in [0.5, 0.6) is 5.75 Å². The van der Waals surface area contributed by atoms with Crippen LogP contribution in [0.25, 0.3) is 0 Å². The van der Waals surface area contributed by atoms with E-state index in [1.54, 1.807) is 43.1 Å². The zero-order chi connectivity index (χ0) is 21.5. The normalized spacial score (nSPS) is 12.4. The molecule has 0 saturated heterocycles. The topological polar surface area (TPSA) is 88.2 Å². The van der Waals surface area contributed by atoms with Gasteiger partial charge in [-0.3, -0.25) is 14.5 Å². The summed E-state index contributed by atoms with van der Waals surface area (Å²) in [7, 11) is 1.61. The predicted molar refractivity (Wildman–Crippen MR) is 114 cm³/mol. The Labute approximate surface area is 175 Å². The van der Waals surface area contributed by atoms with E-state index >= 15 is 0 Å². The summed E-state index contributed by atoms with van der Waals surface area (Å²) in [6.45, 7) is 2.94. The number of hydrogen-bond acceptors (Lipinski definition) is 5. The van der Waals surface area contributed by atoms with Gasteiger partial charge < -0.3 is 19.7 Å². The standard InChI is InChI=1S/C22H25N3O5/c1-3-29-22(28)24(2)17-10-8-16(9-11-17)23-20(26)12-13-21(27)25-14-15-30-19-7-5-4-6-18(19)25/h4-11H,3,12-15H2,1-2H3,(H,23,26). The summed E-state index contributed by atoms with van der Waals surface area (Å²) in [6.07, 6.45) is -0.273. The van der Waals surface area contributed by atoms with Crippen molar-refractivity contribution in [2.45, 2.75) is 19.8 Å². The minimum Gasteiger partial charge on any atom is -0.490 e. The van der Waals surface area contributed by atoms with E-state index in [1.807, 2.05) is 24.3 Å². The first-order valence-electron chi connectivity index (χ1n) is 9.82. The smallest absolute Gasteiger partial charge is 0.413 e. The van der Waals surface area contributed by atoms with E-state index in [0.717, 1.165) is 5.69 Å². The largest absolute Gasteiger partial charge is 0.490 e. The molecule has 1 heterocycles. The van der Waals surface area contributed by atoms with Gasteiger partial charge in [0.05, 0.1) is 18.8 Å². The second-order valence-corrected chi connectivity index (χ2v) is 6.71. The zero-order valence-corrected chi connectivity index (χ0v) is 17.1. The van der Waals surface area contributed by atoms with Crippen LogP contribution in [0.2, 0.25) is 0 Å². The molecule has 2 aromatic rings. The Morgan fingerprint density at radius 1 is 1.10 bits per heavy atom. The lowest BCUT2D eigenvalue weighted by molar-refractivity contribution is -0.122. The van der Waals surface area contributed by atoms with Crippen molar-refractivity contribution in [2.75, 3.05) is 41.9 Å². The van der Waals surface area contributed by atoms with Crippen molar-refractivity contribution in [2.24, 2.45) is 0 Å². The van der Waals surface area contributed by atoms with Gasteiger partial charge in [0.1, 0.15) is 12.4 Å². The second-order valence-electron chi connectivity index (χ2n) is 6.71. The minimum absolute atomic E-state index is 0.0723. The third-order valence-corrected chi connectivity index (χ3v) is 4.68. The summed E-state index contributed by atoms with van der Waals surface area (Å²) in [5.74, 6) is 0.304. The van der Waals surface area contributed by atoms with E-state index in [9.17, 15) is 14.4 Å². The molecule has 0 atom stereocenters. The Morgan fingerprint density at radius 3 is 2.57 bits per heavy atom. The van der Waals surface area contributed by atoms with Crippen LogP contribution in [0.3, 0.4) is 0 Å². The number of benzene rings is 2. The average Bonchev–Trinajstić information content (AvgIpc) is 2.77. The average molecular weight is 411 g/mol. The molecule has 1 N–H and O–H groups in total. The van der Waals surface area contributed by atoms with Crippen molar-refractivity contribution < 1.29 is 23.9 Å². The lowest BCUT2D eigenvalue weighted by atomic mass is 10.2. The Kier molecular flexibility index (Phi) is 6.90. The van der Waals surface area contributed by atoms with Crippen molar-refractivity contribution in [3.63, 3.8) is 0 Å². The molecular formula is C22H25N3O5. The third-order valence-electron chi connectivity index (χ3n) is 4.68. The highest BCUT2D eigenvalue weighted by Crippen LogP contribution is 2.31. The maximum Gasteiger partial charge on any atom is 0.413 e. The van der Waals surface area contributed by atoms with Crippen LogP contribution in [-0.2, 0) is 14.3 Å². The van der Waals surface area contributed by atoms with Crippen LogP contribution in [0.1, 0.15) is 19.8 Å². The Hall–Kier alpha value is -3.55. The molecular weight excluding hydrogens is 386 g/mol. The Balaban J connectivity index is 1.51. The first-order chi connectivity index (χ1) is 14.5. The molecule has 0 radical (unpaired) electrons. The van der Waals surface area contributed by atoms with Gasteiger partial charge in [0, 0.05) is 31.3 Å². The SMILES string of the molecule is CCOC(=O)N(C)c1ccc(NC(=O)CCC(=O)N2CCOc3ccccc32)cc1. The maximum absolute atomic E-state index is 12.6. The van der Waals surface area contributed by atoms with Gasteiger partial charge in [0.25, 0.3) is 0 Å². The fourth-order valence-electron chi connectivity index (χ4n) is 3.10. The summed E-state index contributed by atoms with van der Waals surface area (Å²) in [5, 5.41) is 2.77. The summed E-state index contributed by atoms with van der Waals surface area (Å²) < 4.78 is 10.5. The van der Waals surface area contributed by atoms with Crippen LogP contribution in [0.15, 0.2) is 48.5 Å². The monoisotopic (exact) mass is 411 g/mol. The van der Waals surface area contributed by atoms with Gasteiger partial charge in [-0.2, -0.15) is 0 Å². The van der Waals surface area contributed by atoms with Gasteiger partial charge in [-0.05, 0) is 43.3 Å². The van der Waals surface area contributed by atoms with Crippen LogP contribution < -0.4 is 19.9 Å². The van der Waals surface area contributed by atoms with E-state index in [4.69, 9.17) is 9.47 Å². The van der Waals surface area contributed by atoms with Crippen LogP contribution in [-0.4, -0.2) is 44.7 Å². The number of anilines is 3. The summed E-state index contributed by atoms with van der Waals surface area (Å²) in [5.41, 5.74) is 1.97. The first-order valence-corrected chi connectivity index (χ1v) is 9.82. The number of ether oxygens (including phenoxy) is 2. The molecule has 30 heavy (non-hydrogen) atoms.